The first kappa shape index (κ1) is 25.0. The Morgan fingerprint density at radius 1 is 1.05 bits per heavy atom. The van der Waals surface area contributed by atoms with Gasteiger partial charge in [-0.15, -0.1) is 0 Å². The second-order valence-electron chi connectivity index (χ2n) is 9.30. The minimum atomic E-state index is -4.01. The standard InChI is InChI=1S/C26H25F2N5O3S/c1-17-8-11-32(12-9-17)26-30-23-10-13-33(37(34,35)24-5-3-2-4-18(24)15-29)16-20(23)25(31-26)36-19-6-7-21(27)22(28)14-19/h2-7,14,17H,8-13,16H2,1H3. The van der Waals surface area contributed by atoms with E-state index in [0.717, 1.165) is 38.1 Å². The van der Waals surface area contributed by atoms with Gasteiger partial charge in [0.2, 0.25) is 21.9 Å². The molecule has 3 aromatic rings. The maximum Gasteiger partial charge on any atom is 0.244 e. The lowest BCUT2D eigenvalue weighted by atomic mass is 9.99. The van der Waals surface area contributed by atoms with Crippen LogP contribution in [0, 0.1) is 28.9 Å². The van der Waals surface area contributed by atoms with Crippen LogP contribution in [0.1, 0.15) is 36.6 Å². The minimum Gasteiger partial charge on any atom is -0.438 e. The highest BCUT2D eigenvalue weighted by molar-refractivity contribution is 7.89. The van der Waals surface area contributed by atoms with E-state index < -0.39 is 21.7 Å². The number of halogens is 2. The van der Waals surface area contributed by atoms with Gasteiger partial charge < -0.3 is 9.64 Å². The third-order valence-corrected chi connectivity index (χ3v) is 8.68. The Balaban J connectivity index is 1.53. The fraction of sp³-hybridized carbons (Fsp3) is 0.346. The smallest absolute Gasteiger partial charge is 0.244 e. The van der Waals surface area contributed by atoms with Crippen molar-refractivity contribution in [3.63, 3.8) is 0 Å². The molecule has 8 nitrogen and oxygen atoms in total. The van der Waals surface area contributed by atoms with E-state index >= 15 is 0 Å². The minimum absolute atomic E-state index is 0.0350. The van der Waals surface area contributed by atoms with Crippen molar-refractivity contribution in [3.05, 3.63) is 70.9 Å². The number of aromatic nitrogens is 2. The van der Waals surface area contributed by atoms with E-state index in [-0.39, 0.29) is 35.2 Å². The zero-order valence-electron chi connectivity index (χ0n) is 20.2. The van der Waals surface area contributed by atoms with Crippen molar-refractivity contribution >= 4 is 16.0 Å². The summed E-state index contributed by atoms with van der Waals surface area (Å²) in [4.78, 5) is 11.3. The maximum absolute atomic E-state index is 13.9. The molecule has 2 aromatic carbocycles. The van der Waals surface area contributed by atoms with Crippen LogP contribution in [0.2, 0.25) is 0 Å². The Kier molecular flexibility index (Phi) is 6.79. The van der Waals surface area contributed by atoms with Gasteiger partial charge in [0.15, 0.2) is 11.6 Å². The number of piperidine rings is 1. The number of hydrogen-bond donors (Lipinski definition) is 0. The number of rotatable bonds is 5. The van der Waals surface area contributed by atoms with Crippen LogP contribution in [0.5, 0.6) is 11.6 Å². The van der Waals surface area contributed by atoms with Crippen molar-refractivity contribution in [2.24, 2.45) is 5.92 Å². The Morgan fingerprint density at radius 2 is 1.81 bits per heavy atom. The van der Waals surface area contributed by atoms with Crippen molar-refractivity contribution in [1.82, 2.24) is 14.3 Å². The van der Waals surface area contributed by atoms with Gasteiger partial charge >= 0.3 is 0 Å². The maximum atomic E-state index is 13.9. The molecule has 37 heavy (non-hydrogen) atoms. The number of nitrogens with zero attached hydrogens (tertiary/aromatic N) is 5. The van der Waals surface area contributed by atoms with Gasteiger partial charge in [-0.05, 0) is 43.0 Å². The first-order valence-electron chi connectivity index (χ1n) is 12.0. The summed E-state index contributed by atoms with van der Waals surface area (Å²) in [5.74, 6) is -0.876. The summed E-state index contributed by atoms with van der Waals surface area (Å²) in [5.41, 5.74) is 1.14. The van der Waals surface area contributed by atoms with Crippen molar-refractivity contribution in [2.45, 2.75) is 37.6 Å². The lowest BCUT2D eigenvalue weighted by molar-refractivity contribution is 0.367. The van der Waals surface area contributed by atoms with Crippen LogP contribution in [0.15, 0.2) is 47.4 Å². The van der Waals surface area contributed by atoms with Crippen molar-refractivity contribution in [1.29, 1.82) is 5.26 Å². The predicted molar refractivity (Wildman–Crippen MR) is 132 cm³/mol. The quantitative estimate of drug-likeness (QED) is 0.487. The van der Waals surface area contributed by atoms with E-state index in [1.165, 1.54) is 22.5 Å². The monoisotopic (exact) mass is 525 g/mol. The number of benzene rings is 2. The fourth-order valence-corrected chi connectivity index (χ4v) is 6.11. The summed E-state index contributed by atoms with van der Waals surface area (Å²) in [7, 11) is -4.01. The molecule has 0 unspecified atom stereocenters. The highest BCUT2D eigenvalue weighted by Crippen LogP contribution is 2.35. The van der Waals surface area contributed by atoms with Gasteiger partial charge in [-0.25, -0.2) is 22.2 Å². The van der Waals surface area contributed by atoms with Crippen LogP contribution in [0.25, 0.3) is 0 Å². The van der Waals surface area contributed by atoms with Gasteiger partial charge in [-0.3, -0.25) is 0 Å². The second kappa shape index (κ2) is 10.0. The third-order valence-electron chi connectivity index (χ3n) is 6.77. The van der Waals surface area contributed by atoms with E-state index in [9.17, 15) is 22.5 Å². The lowest BCUT2D eigenvalue weighted by Gasteiger charge is -2.33. The molecule has 11 heteroatoms. The highest BCUT2D eigenvalue weighted by atomic mass is 32.2. The molecule has 1 fully saturated rings. The van der Waals surface area contributed by atoms with Gasteiger partial charge in [-0.1, -0.05) is 19.1 Å². The van der Waals surface area contributed by atoms with Crippen LogP contribution < -0.4 is 9.64 Å². The lowest BCUT2D eigenvalue weighted by Crippen LogP contribution is -2.38. The molecule has 5 rings (SSSR count). The Morgan fingerprint density at radius 3 is 2.54 bits per heavy atom. The number of ether oxygens (including phenoxy) is 1. The molecule has 0 saturated carbocycles. The van der Waals surface area contributed by atoms with Crippen molar-refractivity contribution in [2.75, 3.05) is 24.5 Å². The summed E-state index contributed by atoms with van der Waals surface area (Å²) in [6.45, 7) is 3.81. The molecule has 2 aliphatic rings. The SMILES string of the molecule is CC1CCN(c2nc3c(c(Oc4ccc(F)c(F)c4)n2)CN(S(=O)(=O)c2ccccc2C#N)CC3)CC1. The first-order valence-corrected chi connectivity index (χ1v) is 13.5. The zero-order chi connectivity index (χ0) is 26.2. The Bertz CT molecular complexity index is 1480. The summed E-state index contributed by atoms with van der Waals surface area (Å²) in [5, 5.41) is 9.42. The molecule has 1 aromatic heterocycles. The topological polar surface area (TPSA) is 99.4 Å². The van der Waals surface area contributed by atoms with Gasteiger partial charge in [0, 0.05) is 38.7 Å². The van der Waals surface area contributed by atoms with Crippen LogP contribution in [0.3, 0.4) is 0 Å². The number of anilines is 1. The molecule has 0 amide bonds. The number of nitriles is 1. The molecule has 0 N–H and O–H groups in total. The van der Waals surface area contributed by atoms with Gasteiger partial charge in [0.05, 0.1) is 21.7 Å². The second-order valence-corrected chi connectivity index (χ2v) is 11.2. The van der Waals surface area contributed by atoms with E-state index in [1.807, 2.05) is 6.07 Å². The average molecular weight is 526 g/mol. The molecule has 192 valence electrons. The normalized spacial score (nSPS) is 16.8. The molecule has 1 saturated heterocycles. The molecular formula is C26H25F2N5O3S. The summed E-state index contributed by atoms with van der Waals surface area (Å²) in [6, 6.07) is 11.1. The van der Waals surface area contributed by atoms with Crippen LogP contribution in [0.4, 0.5) is 14.7 Å². The number of fused-ring (bicyclic) bond motifs is 1. The summed E-state index contributed by atoms with van der Waals surface area (Å²) in [6.07, 6.45) is 2.28. The van der Waals surface area contributed by atoms with Crippen LogP contribution in [-0.4, -0.2) is 42.3 Å². The first-order chi connectivity index (χ1) is 17.8. The van der Waals surface area contributed by atoms with Gasteiger partial charge in [0.25, 0.3) is 0 Å². The average Bonchev–Trinajstić information content (AvgIpc) is 2.90. The van der Waals surface area contributed by atoms with E-state index in [0.29, 0.717) is 29.5 Å². The fourth-order valence-electron chi connectivity index (χ4n) is 4.56. The van der Waals surface area contributed by atoms with Gasteiger partial charge in [-0.2, -0.15) is 14.6 Å². The zero-order valence-corrected chi connectivity index (χ0v) is 21.0. The molecule has 3 heterocycles. The predicted octanol–water partition coefficient (Wildman–Crippen LogP) is 4.40. The Labute approximate surface area is 214 Å². The van der Waals surface area contributed by atoms with Gasteiger partial charge in [0.1, 0.15) is 11.8 Å². The third kappa shape index (κ3) is 4.99. The van der Waals surface area contributed by atoms with Crippen LogP contribution >= 0.6 is 0 Å². The van der Waals surface area contributed by atoms with E-state index in [4.69, 9.17) is 9.72 Å². The number of sulfonamides is 1. The summed E-state index contributed by atoms with van der Waals surface area (Å²) >= 11 is 0. The summed E-state index contributed by atoms with van der Waals surface area (Å²) < 4.78 is 61.5. The Hall–Kier alpha value is -3.62. The molecule has 0 bridgehead atoms. The molecule has 2 aliphatic heterocycles. The molecular weight excluding hydrogens is 500 g/mol. The largest absolute Gasteiger partial charge is 0.438 e. The van der Waals surface area contributed by atoms with E-state index in [2.05, 4.69) is 16.8 Å². The van der Waals surface area contributed by atoms with Crippen molar-refractivity contribution in [3.8, 4) is 17.7 Å². The van der Waals surface area contributed by atoms with E-state index in [1.54, 1.807) is 12.1 Å². The molecule has 0 radical (unpaired) electrons. The van der Waals surface area contributed by atoms with Crippen molar-refractivity contribution < 1.29 is 21.9 Å². The van der Waals surface area contributed by atoms with Crippen LogP contribution in [-0.2, 0) is 23.0 Å². The molecule has 0 aliphatic carbocycles. The highest BCUT2D eigenvalue weighted by Gasteiger charge is 2.34. The molecule has 0 atom stereocenters. The number of hydrogen-bond acceptors (Lipinski definition) is 7. The molecule has 0 spiro atoms.